The van der Waals surface area contributed by atoms with Crippen LogP contribution in [0.25, 0.3) is 0 Å². The number of rotatable bonds is 8. The molecule has 3 aromatic rings. The van der Waals surface area contributed by atoms with Gasteiger partial charge in [-0.3, -0.25) is 4.79 Å². The van der Waals surface area contributed by atoms with Crippen LogP contribution in [0.2, 0.25) is 0 Å². The maximum Gasteiger partial charge on any atom is 0.227 e. The third-order valence-electron chi connectivity index (χ3n) is 5.46. The Morgan fingerprint density at radius 3 is 2.61 bits per heavy atom. The number of hydrogen-bond donors (Lipinski definition) is 2. The topological polar surface area (TPSA) is 74.6 Å². The van der Waals surface area contributed by atoms with Gasteiger partial charge in [-0.25, -0.2) is 9.98 Å². The molecule has 2 heterocycles. The van der Waals surface area contributed by atoms with Crippen molar-refractivity contribution in [2.24, 2.45) is 4.99 Å². The number of aromatic nitrogens is 2. The van der Waals surface area contributed by atoms with Crippen molar-refractivity contribution in [3.63, 3.8) is 0 Å². The van der Waals surface area contributed by atoms with Gasteiger partial charge >= 0.3 is 0 Å². The standard InChI is InChI=1S/C25H30N6O.HI/c1-2-27-25(28-16-20-8-10-23(11-9-20)31-13-4-7-24(31)32)29-17-21-5-3-6-22(15-21)18-30-14-12-26-19-30;/h3,5-6,8-12,14-15,19H,2,4,7,13,16-18H2,1H3,(H2,27,28,29);1H. The second-order valence-electron chi connectivity index (χ2n) is 7.92. The number of amides is 1. The van der Waals surface area contributed by atoms with Crippen LogP contribution in [0.3, 0.4) is 0 Å². The molecule has 1 aliphatic rings. The molecule has 0 bridgehead atoms. The van der Waals surface area contributed by atoms with Crippen LogP contribution in [0.4, 0.5) is 5.69 Å². The number of carbonyl (C=O) groups is 1. The highest BCUT2D eigenvalue weighted by Crippen LogP contribution is 2.21. The molecule has 33 heavy (non-hydrogen) atoms. The first kappa shape index (κ1) is 24.8. The fourth-order valence-corrected chi connectivity index (χ4v) is 3.83. The average molecular weight is 558 g/mol. The predicted octanol–water partition coefficient (Wildman–Crippen LogP) is 3.93. The quantitative estimate of drug-likeness (QED) is 0.250. The van der Waals surface area contributed by atoms with Crippen molar-refractivity contribution >= 4 is 41.5 Å². The normalized spacial score (nSPS) is 13.7. The van der Waals surface area contributed by atoms with Gasteiger partial charge in [-0.05, 0) is 42.2 Å². The molecule has 8 heteroatoms. The molecule has 0 saturated carbocycles. The van der Waals surface area contributed by atoms with E-state index in [2.05, 4.69) is 63.5 Å². The van der Waals surface area contributed by atoms with E-state index in [1.165, 1.54) is 11.1 Å². The Morgan fingerprint density at radius 1 is 1.09 bits per heavy atom. The molecule has 0 unspecified atom stereocenters. The monoisotopic (exact) mass is 558 g/mol. The van der Waals surface area contributed by atoms with Gasteiger partial charge in [0.1, 0.15) is 0 Å². The van der Waals surface area contributed by atoms with E-state index in [-0.39, 0.29) is 29.9 Å². The summed E-state index contributed by atoms with van der Waals surface area (Å²) in [6.07, 6.45) is 7.18. The zero-order valence-corrected chi connectivity index (χ0v) is 21.2. The molecule has 2 N–H and O–H groups in total. The van der Waals surface area contributed by atoms with Gasteiger partial charge in [0.15, 0.2) is 5.96 Å². The van der Waals surface area contributed by atoms with Crippen molar-refractivity contribution in [2.75, 3.05) is 18.0 Å². The minimum atomic E-state index is 0. The summed E-state index contributed by atoms with van der Waals surface area (Å²) in [5.74, 6) is 0.998. The molecule has 0 spiro atoms. The van der Waals surface area contributed by atoms with Gasteiger partial charge < -0.3 is 20.1 Å². The second kappa shape index (κ2) is 12.4. The molecular formula is C25H31IN6O. The molecule has 174 valence electrons. The first-order valence-corrected chi connectivity index (χ1v) is 11.2. The minimum Gasteiger partial charge on any atom is -0.357 e. The van der Waals surface area contributed by atoms with E-state index >= 15 is 0 Å². The second-order valence-corrected chi connectivity index (χ2v) is 7.92. The Balaban J connectivity index is 0.00000306. The SMILES string of the molecule is CCNC(=NCc1cccc(Cn2ccnc2)c1)NCc1ccc(N2CCCC2=O)cc1.I. The number of nitrogens with zero attached hydrogens (tertiary/aromatic N) is 4. The molecule has 0 atom stereocenters. The van der Waals surface area contributed by atoms with Crippen LogP contribution < -0.4 is 15.5 Å². The summed E-state index contributed by atoms with van der Waals surface area (Å²) in [5, 5.41) is 6.71. The van der Waals surface area contributed by atoms with Crippen molar-refractivity contribution in [2.45, 2.75) is 39.4 Å². The van der Waals surface area contributed by atoms with Gasteiger partial charge in [-0.15, -0.1) is 24.0 Å². The van der Waals surface area contributed by atoms with Gasteiger partial charge in [0.25, 0.3) is 0 Å². The van der Waals surface area contributed by atoms with Crippen LogP contribution in [0.15, 0.2) is 72.2 Å². The summed E-state index contributed by atoms with van der Waals surface area (Å²) in [6, 6.07) is 16.7. The maximum atomic E-state index is 11.9. The zero-order chi connectivity index (χ0) is 22.2. The maximum absolute atomic E-state index is 11.9. The lowest BCUT2D eigenvalue weighted by atomic mass is 10.1. The molecule has 1 fully saturated rings. The predicted molar refractivity (Wildman–Crippen MR) is 143 cm³/mol. The Labute approximate surface area is 212 Å². The summed E-state index contributed by atoms with van der Waals surface area (Å²) in [4.78, 5) is 22.6. The van der Waals surface area contributed by atoms with Gasteiger partial charge in [-0.1, -0.05) is 36.4 Å². The van der Waals surface area contributed by atoms with Gasteiger partial charge in [-0.2, -0.15) is 0 Å². The van der Waals surface area contributed by atoms with Gasteiger partial charge in [0.05, 0.1) is 12.9 Å². The lowest BCUT2D eigenvalue weighted by Crippen LogP contribution is -2.36. The largest absolute Gasteiger partial charge is 0.357 e. The van der Waals surface area contributed by atoms with Crippen molar-refractivity contribution in [3.8, 4) is 0 Å². The van der Waals surface area contributed by atoms with Crippen molar-refractivity contribution in [1.82, 2.24) is 20.2 Å². The summed E-state index contributed by atoms with van der Waals surface area (Å²) >= 11 is 0. The van der Waals surface area contributed by atoms with Crippen LogP contribution in [0, 0.1) is 0 Å². The van der Waals surface area contributed by atoms with Gasteiger partial charge in [0.2, 0.25) is 5.91 Å². The molecule has 7 nitrogen and oxygen atoms in total. The summed E-state index contributed by atoms with van der Waals surface area (Å²) in [7, 11) is 0. The van der Waals surface area contributed by atoms with E-state index in [4.69, 9.17) is 4.99 Å². The van der Waals surface area contributed by atoms with E-state index in [1.54, 1.807) is 6.20 Å². The smallest absolute Gasteiger partial charge is 0.227 e. The molecule has 1 amide bonds. The fraction of sp³-hybridized carbons (Fsp3) is 0.320. The van der Waals surface area contributed by atoms with E-state index in [0.29, 0.717) is 19.5 Å². The highest BCUT2D eigenvalue weighted by Gasteiger charge is 2.21. The first-order valence-electron chi connectivity index (χ1n) is 11.2. The molecule has 1 saturated heterocycles. The molecule has 0 radical (unpaired) electrons. The van der Waals surface area contributed by atoms with Crippen molar-refractivity contribution in [3.05, 3.63) is 83.9 Å². The molecular weight excluding hydrogens is 527 g/mol. The number of carbonyl (C=O) groups excluding carboxylic acids is 1. The first-order chi connectivity index (χ1) is 15.7. The molecule has 2 aromatic carbocycles. The number of benzene rings is 2. The molecule has 1 aliphatic heterocycles. The van der Waals surface area contributed by atoms with Crippen LogP contribution in [0.5, 0.6) is 0 Å². The minimum absolute atomic E-state index is 0. The zero-order valence-electron chi connectivity index (χ0n) is 18.9. The van der Waals surface area contributed by atoms with E-state index in [0.717, 1.165) is 43.3 Å². The number of aliphatic imine (C=N–C) groups is 1. The third-order valence-corrected chi connectivity index (χ3v) is 5.46. The summed E-state index contributed by atoms with van der Waals surface area (Å²) in [5.41, 5.74) is 4.52. The number of halogens is 1. The third kappa shape index (κ3) is 7.05. The van der Waals surface area contributed by atoms with E-state index in [9.17, 15) is 4.79 Å². The summed E-state index contributed by atoms with van der Waals surface area (Å²) < 4.78 is 2.05. The number of nitrogens with one attached hydrogen (secondary N) is 2. The molecule has 0 aliphatic carbocycles. The van der Waals surface area contributed by atoms with Crippen LogP contribution in [-0.2, 0) is 24.4 Å². The van der Waals surface area contributed by atoms with E-state index < -0.39 is 0 Å². The fourth-order valence-electron chi connectivity index (χ4n) is 3.83. The lowest BCUT2D eigenvalue weighted by Gasteiger charge is -2.16. The van der Waals surface area contributed by atoms with Crippen molar-refractivity contribution < 1.29 is 4.79 Å². The molecule has 4 rings (SSSR count). The number of guanidine groups is 1. The van der Waals surface area contributed by atoms with E-state index in [1.807, 2.05) is 29.6 Å². The lowest BCUT2D eigenvalue weighted by molar-refractivity contribution is -0.117. The average Bonchev–Trinajstić information content (AvgIpc) is 3.48. The highest BCUT2D eigenvalue weighted by molar-refractivity contribution is 14.0. The number of hydrogen-bond acceptors (Lipinski definition) is 3. The van der Waals surface area contributed by atoms with Crippen LogP contribution >= 0.6 is 24.0 Å². The molecule has 1 aromatic heterocycles. The van der Waals surface area contributed by atoms with Crippen LogP contribution in [-0.4, -0.2) is 34.5 Å². The van der Waals surface area contributed by atoms with Gasteiger partial charge in [0, 0.05) is 50.7 Å². The Kier molecular flexibility index (Phi) is 9.29. The highest BCUT2D eigenvalue weighted by atomic mass is 127. The summed E-state index contributed by atoms with van der Waals surface area (Å²) in [6.45, 7) is 5.74. The Morgan fingerprint density at radius 2 is 1.91 bits per heavy atom. The Hall–Kier alpha value is -2.88. The van der Waals surface area contributed by atoms with Crippen LogP contribution in [0.1, 0.15) is 36.5 Å². The van der Waals surface area contributed by atoms with Crippen molar-refractivity contribution in [1.29, 1.82) is 0 Å². The number of imidazole rings is 1. The number of anilines is 1. The Bertz CT molecular complexity index is 1050.